The van der Waals surface area contributed by atoms with Crippen LogP contribution in [-0.4, -0.2) is 49.4 Å². The molecule has 1 spiro atoms. The number of nitrogens with zero attached hydrogens (tertiary/aromatic N) is 2. The van der Waals surface area contributed by atoms with Gasteiger partial charge in [0.1, 0.15) is 11.4 Å². The van der Waals surface area contributed by atoms with Gasteiger partial charge in [0, 0.05) is 38.3 Å². The number of hydrogen-bond acceptors (Lipinski definition) is 4. The monoisotopic (exact) mass is 350 g/mol. The molecule has 0 N–H and O–H groups in total. The maximum Gasteiger partial charge on any atom is 0.254 e. The lowest BCUT2D eigenvalue weighted by Crippen LogP contribution is -2.45. The number of likely N-dealkylation sites (tertiary alicyclic amines) is 1. The Kier molecular flexibility index (Phi) is 3.94. The molecule has 0 radical (unpaired) electrons. The Balaban J connectivity index is 1.55. The van der Waals surface area contributed by atoms with Gasteiger partial charge in [-0.1, -0.05) is 18.2 Å². The highest BCUT2D eigenvalue weighted by atomic mass is 16.5. The van der Waals surface area contributed by atoms with Crippen LogP contribution in [0.5, 0.6) is 5.75 Å². The van der Waals surface area contributed by atoms with Crippen molar-refractivity contribution in [3.8, 4) is 5.75 Å². The van der Waals surface area contributed by atoms with E-state index in [-0.39, 0.29) is 11.7 Å². The minimum Gasteiger partial charge on any atom is -0.484 e. The smallest absolute Gasteiger partial charge is 0.254 e. The number of amides is 1. The fourth-order valence-electron chi connectivity index (χ4n) is 3.79. The van der Waals surface area contributed by atoms with Crippen LogP contribution >= 0.6 is 0 Å². The number of fused-ring (bicyclic) bond motifs is 1. The number of benzene rings is 2. The lowest BCUT2D eigenvalue weighted by Gasteiger charge is -2.34. The SMILES string of the molecule is CN(C)c1cccc(C(=O)N2CC[C@]3(CC(=O)c4ccccc4O3)C2)c1. The minimum absolute atomic E-state index is 0.0134. The zero-order valence-corrected chi connectivity index (χ0v) is 15.1. The summed E-state index contributed by atoms with van der Waals surface area (Å²) in [4.78, 5) is 29.2. The Morgan fingerprint density at radius 3 is 2.77 bits per heavy atom. The van der Waals surface area contributed by atoms with Crippen LogP contribution in [0.25, 0.3) is 0 Å². The van der Waals surface area contributed by atoms with Crippen molar-refractivity contribution in [3.05, 3.63) is 59.7 Å². The third-order valence-electron chi connectivity index (χ3n) is 5.21. The first-order chi connectivity index (χ1) is 12.5. The summed E-state index contributed by atoms with van der Waals surface area (Å²) in [5.74, 6) is 0.712. The van der Waals surface area contributed by atoms with Gasteiger partial charge in [-0.05, 0) is 30.3 Å². The molecule has 2 aliphatic rings. The minimum atomic E-state index is -0.597. The Morgan fingerprint density at radius 1 is 1.15 bits per heavy atom. The Bertz CT molecular complexity index is 877. The van der Waals surface area contributed by atoms with Gasteiger partial charge in [0.15, 0.2) is 5.78 Å². The number of rotatable bonds is 2. The quantitative estimate of drug-likeness (QED) is 0.835. The van der Waals surface area contributed by atoms with E-state index in [0.29, 0.717) is 42.8 Å². The maximum absolute atomic E-state index is 12.9. The van der Waals surface area contributed by atoms with Gasteiger partial charge in [-0.2, -0.15) is 0 Å². The molecule has 2 heterocycles. The molecule has 2 aliphatic heterocycles. The van der Waals surface area contributed by atoms with E-state index in [1.165, 1.54) is 0 Å². The van der Waals surface area contributed by atoms with Crippen LogP contribution in [0.4, 0.5) is 5.69 Å². The van der Waals surface area contributed by atoms with Crippen LogP contribution < -0.4 is 9.64 Å². The third kappa shape index (κ3) is 2.83. The first kappa shape index (κ1) is 16.6. The van der Waals surface area contributed by atoms with Crippen molar-refractivity contribution < 1.29 is 14.3 Å². The molecule has 4 rings (SSSR count). The van der Waals surface area contributed by atoms with Crippen molar-refractivity contribution in [2.75, 3.05) is 32.1 Å². The van der Waals surface area contributed by atoms with E-state index >= 15 is 0 Å². The summed E-state index contributed by atoms with van der Waals surface area (Å²) in [6.07, 6.45) is 0.998. The van der Waals surface area contributed by atoms with Crippen LogP contribution in [0.15, 0.2) is 48.5 Å². The molecule has 0 aliphatic carbocycles. The summed E-state index contributed by atoms with van der Waals surface area (Å²) in [6.45, 7) is 1.04. The fourth-order valence-corrected chi connectivity index (χ4v) is 3.79. The summed E-state index contributed by atoms with van der Waals surface area (Å²) >= 11 is 0. The van der Waals surface area contributed by atoms with Crippen molar-refractivity contribution in [1.29, 1.82) is 0 Å². The molecular weight excluding hydrogens is 328 g/mol. The third-order valence-corrected chi connectivity index (χ3v) is 5.21. The van der Waals surface area contributed by atoms with E-state index in [9.17, 15) is 9.59 Å². The molecule has 2 aromatic carbocycles. The van der Waals surface area contributed by atoms with Gasteiger partial charge >= 0.3 is 0 Å². The number of hydrogen-bond donors (Lipinski definition) is 0. The second-order valence-electron chi connectivity index (χ2n) is 7.30. The summed E-state index contributed by atoms with van der Waals surface area (Å²) in [7, 11) is 3.90. The summed E-state index contributed by atoms with van der Waals surface area (Å²) in [5, 5.41) is 0. The fraction of sp³-hybridized carbons (Fsp3) is 0.333. The zero-order chi connectivity index (χ0) is 18.3. The highest BCUT2D eigenvalue weighted by molar-refractivity contribution is 6.00. The van der Waals surface area contributed by atoms with E-state index < -0.39 is 5.60 Å². The van der Waals surface area contributed by atoms with E-state index in [1.807, 2.05) is 61.5 Å². The second-order valence-corrected chi connectivity index (χ2v) is 7.30. The molecule has 1 atom stereocenters. The van der Waals surface area contributed by atoms with Crippen molar-refractivity contribution in [2.24, 2.45) is 0 Å². The average Bonchev–Trinajstić information content (AvgIpc) is 3.04. The van der Waals surface area contributed by atoms with Gasteiger partial charge < -0.3 is 14.5 Å². The first-order valence-electron chi connectivity index (χ1n) is 8.85. The maximum atomic E-state index is 12.9. The molecule has 0 saturated carbocycles. The van der Waals surface area contributed by atoms with E-state index in [0.717, 1.165) is 5.69 Å². The molecule has 26 heavy (non-hydrogen) atoms. The van der Waals surface area contributed by atoms with Crippen LogP contribution in [0.1, 0.15) is 33.6 Å². The second kappa shape index (κ2) is 6.16. The van der Waals surface area contributed by atoms with Crippen molar-refractivity contribution in [1.82, 2.24) is 4.90 Å². The Labute approximate surface area is 153 Å². The number of carbonyl (C=O) groups excluding carboxylic acids is 2. The molecule has 0 unspecified atom stereocenters. The summed E-state index contributed by atoms with van der Waals surface area (Å²) in [6, 6.07) is 15.0. The van der Waals surface area contributed by atoms with Gasteiger partial charge in [-0.25, -0.2) is 0 Å². The topological polar surface area (TPSA) is 49.9 Å². The molecule has 5 nitrogen and oxygen atoms in total. The lowest BCUT2D eigenvalue weighted by molar-refractivity contribution is 0.0428. The summed E-state index contributed by atoms with van der Waals surface area (Å²) in [5.41, 5.74) is 1.69. The van der Waals surface area contributed by atoms with Gasteiger partial charge in [0.05, 0.1) is 18.5 Å². The van der Waals surface area contributed by atoms with E-state index in [1.54, 1.807) is 11.0 Å². The Hall–Kier alpha value is -2.82. The van der Waals surface area contributed by atoms with Crippen LogP contribution in [-0.2, 0) is 0 Å². The molecule has 1 fully saturated rings. The van der Waals surface area contributed by atoms with E-state index in [4.69, 9.17) is 4.74 Å². The predicted molar refractivity (Wildman–Crippen MR) is 100 cm³/mol. The van der Waals surface area contributed by atoms with Gasteiger partial charge in [-0.3, -0.25) is 9.59 Å². The Morgan fingerprint density at radius 2 is 1.96 bits per heavy atom. The molecule has 0 bridgehead atoms. The van der Waals surface area contributed by atoms with Crippen molar-refractivity contribution >= 4 is 17.4 Å². The molecule has 1 saturated heterocycles. The van der Waals surface area contributed by atoms with Gasteiger partial charge in [-0.15, -0.1) is 0 Å². The highest BCUT2D eigenvalue weighted by Crippen LogP contribution is 2.39. The standard InChI is InChI=1S/C21H22N2O3/c1-22(2)16-7-5-6-15(12-16)20(25)23-11-10-21(14-23)13-18(24)17-8-3-4-9-19(17)26-21/h3-9,12H,10-11,13-14H2,1-2H3/t21-/m0/s1. The summed E-state index contributed by atoms with van der Waals surface area (Å²) < 4.78 is 6.21. The van der Waals surface area contributed by atoms with Crippen molar-refractivity contribution in [3.63, 3.8) is 0 Å². The highest BCUT2D eigenvalue weighted by Gasteiger charge is 2.47. The number of ketones is 1. The van der Waals surface area contributed by atoms with E-state index in [2.05, 4.69) is 0 Å². The van der Waals surface area contributed by atoms with Crippen LogP contribution in [0.2, 0.25) is 0 Å². The van der Waals surface area contributed by atoms with Crippen LogP contribution in [0.3, 0.4) is 0 Å². The molecule has 0 aromatic heterocycles. The van der Waals surface area contributed by atoms with Crippen molar-refractivity contribution in [2.45, 2.75) is 18.4 Å². The zero-order valence-electron chi connectivity index (χ0n) is 15.1. The number of anilines is 1. The largest absolute Gasteiger partial charge is 0.484 e. The molecule has 1 amide bonds. The molecule has 134 valence electrons. The normalized spacial score (nSPS) is 21.5. The molecule has 5 heteroatoms. The number of ether oxygens (including phenoxy) is 1. The van der Waals surface area contributed by atoms with Gasteiger partial charge in [0.25, 0.3) is 5.91 Å². The number of carbonyl (C=O) groups is 2. The van der Waals surface area contributed by atoms with Gasteiger partial charge in [0.2, 0.25) is 0 Å². The first-order valence-corrected chi connectivity index (χ1v) is 8.85. The predicted octanol–water partition coefficient (Wildman–Crippen LogP) is 3.00. The molecular formula is C21H22N2O3. The average molecular weight is 350 g/mol. The van der Waals surface area contributed by atoms with Crippen LogP contribution in [0, 0.1) is 0 Å². The number of Topliss-reactive ketones (excluding diaryl/α,β-unsaturated/α-hetero) is 1. The molecule has 2 aromatic rings. The lowest BCUT2D eigenvalue weighted by atomic mass is 9.89. The number of para-hydroxylation sites is 1.